The van der Waals surface area contributed by atoms with Crippen LogP contribution < -0.4 is 5.32 Å². The Kier molecular flexibility index (Phi) is 7.84. The van der Waals surface area contributed by atoms with Crippen LogP contribution in [0, 0.1) is 0 Å². The number of nitrogens with zero attached hydrogens (tertiary/aromatic N) is 1. The number of carbonyl (C=O) groups is 1. The van der Waals surface area contributed by atoms with E-state index in [9.17, 15) is 26.4 Å². The summed E-state index contributed by atoms with van der Waals surface area (Å²) in [5.74, 6) is -0.704. The standard InChI is InChI=1S/C22H17BrClF3N2O3S/c23-17-5-1-15(2-6-17)13-29(33(31,32)20-11-7-18(24)8-12-20)14-21(30)28-19-9-3-16(4-10-19)22(25,26)27/h1-12H,13-14H2,(H,28,30). The number of hydrogen-bond donors (Lipinski definition) is 1. The Morgan fingerprint density at radius 2 is 1.52 bits per heavy atom. The summed E-state index contributed by atoms with van der Waals surface area (Å²) in [7, 11) is -4.09. The lowest BCUT2D eigenvalue weighted by Gasteiger charge is -2.22. The second-order valence-electron chi connectivity index (χ2n) is 6.98. The number of benzene rings is 3. The number of halogens is 5. The van der Waals surface area contributed by atoms with Gasteiger partial charge in [-0.15, -0.1) is 0 Å². The Morgan fingerprint density at radius 1 is 0.939 bits per heavy atom. The molecule has 0 unspecified atom stereocenters. The SMILES string of the molecule is O=C(CN(Cc1ccc(Br)cc1)S(=O)(=O)c1ccc(Cl)cc1)Nc1ccc(C(F)(F)F)cc1. The first kappa shape index (κ1) is 25.2. The number of carbonyl (C=O) groups excluding carboxylic acids is 1. The Hall–Kier alpha value is -2.40. The summed E-state index contributed by atoms with van der Waals surface area (Å²) < 4.78 is 66.4. The van der Waals surface area contributed by atoms with Gasteiger partial charge in [-0.2, -0.15) is 17.5 Å². The molecule has 0 aliphatic rings. The summed E-state index contributed by atoms with van der Waals surface area (Å²) in [6.45, 7) is -0.652. The second-order valence-corrected chi connectivity index (χ2v) is 10.3. The van der Waals surface area contributed by atoms with Gasteiger partial charge < -0.3 is 5.32 Å². The van der Waals surface area contributed by atoms with Crippen LogP contribution in [0.4, 0.5) is 18.9 Å². The van der Waals surface area contributed by atoms with Crippen LogP contribution >= 0.6 is 27.5 Å². The summed E-state index contributed by atoms with van der Waals surface area (Å²) in [6, 6.07) is 16.3. The third kappa shape index (κ3) is 6.80. The fourth-order valence-electron chi connectivity index (χ4n) is 2.88. The zero-order valence-electron chi connectivity index (χ0n) is 16.8. The Labute approximate surface area is 202 Å². The van der Waals surface area contributed by atoms with Gasteiger partial charge in [0.15, 0.2) is 0 Å². The molecule has 0 aliphatic heterocycles. The van der Waals surface area contributed by atoms with Crippen molar-refractivity contribution in [2.75, 3.05) is 11.9 Å². The number of nitrogens with one attached hydrogen (secondary N) is 1. The van der Waals surface area contributed by atoms with Crippen LogP contribution in [0.3, 0.4) is 0 Å². The number of amides is 1. The maximum absolute atomic E-state index is 13.2. The lowest BCUT2D eigenvalue weighted by molar-refractivity contribution is -0.137. The summed E-state index contributed by atoms with van der Waals surface area (Å²) in [5.41, 5.74) is -0.110. The molecular formula is C22H17BrClF3N2O3S. The molecule has 0 spiro atoms. The molecular weight excluding hydrogens is 545 g/mol. The minimum absolute atomic E-state index is 0.0497. The van der Waals surface area contributed by atoms with Gasteiger partial charge in [-0.05, 0) is 66.2 Å². The highest BCUT2D eigenvalue weighted by molar-refractivity contribution is 9.10. The molecule has 1 amide bonds. The number of hydrogen-bond acceptors (Lipinski definition) is 3. The third-order valence-corrected chi connectivity index (χ3v) is 7.13. The average molecular weight is 562 g/mol. The molecule has 3 rings (SSSR count). The molecule has 5 nitrogen and oxygen atoms in total. The first-order valence-electron chi connectivity index (χ1n) is 9.42. The zero-order valence-corrected chi connectivity index (χ0v) is 20.0. The average Bonchev–Trinajstić information content (AvgIpc) is 2.75. The fraction of sp³-hybridized carbons (Fsp3) is 0.136. The fourth-order valence-corrected chi connectivity index (χ4v) is 4.65. The monoisotopic (exact) mass is 560 g/mol. The Bertz CT molecular complexity index is 1220. The minimum atomic E-state index is -4.50. The smallest absolute Gasteiger partial charge is 0.325 e. The van der Waals surface area contributed by atoms with E-state index in [1.807, 2.05) is 0 Å². The van der Waals surface area contributed by atoms with Crippen molar-refractivity contribution < 1.29 is 26.4 Å². The molecule has 174 valence electrons. The molecule has 0 radical (unpaired) electrons. The highest BCUT2D eigenvalue weighted by Gasteiger charge is 2.30. The first-order chi connectivity index (χ1) is 15.4. The van der Waals surface area contributed by atoms with Gasteiger partial charge in [0.1, 0.15) is 0 Å². The number of alkyl halides is 3. The van der Waals surface area contributed by atoms with Crippen LogP contribution in [-0.4, -0.2) is 25.2 Å². The van der Waals surface area contributed by atoms with Gasteiger partial charge in [0, 0.05) is 21.7 Å². The molecule has 3 aromatic rings. The number of rotatable bonds is 7. The molecule has 1 N–H and O–H groups in total. The quantitative estimate of drug-likeness (QED) is 0.388. The molecule has 0 saturated heterocycles. The summed E-state index contributed by atoms with van der Waals surface area (Å²) in [6.07, 6.45) is -4.50. The predicted molar refractivity (Wildman–Crippen MR) is 123 cm³/mol. The van der Waals surface area contributed by atoms with E-state index in [1.165, 1.54) is 24.3 Å². The van der Waals surface area contributed by atoms with E-state index in [0.29, 0.717) is 10.6 Å². The van der Waals surface area contributed by atoms with Crippen LogP contribution in [0.2, 0.25) is 5.02 Å². The number of anilines is 1. The Balaban J connectivity index is 1.83. The lowest BCUT2D eigenvalue weighted by atomic mass is 10.2. The lowest BCUT2D eigenvalue weighted by Crippen LogP contribution is -2.37. The van der Waals surface area contributed by atoms with Gasteiger partial charge in [-0.25, -0.2) is 8.42 Å². The van der Waals surface area contributed by atoms with Crippen molar-refractivity contribution in [3.63, 3.8) is 0 Å². The first-order valence-corrected chi connectivity index (χ1v) is 12.0. The van der Waals surface area contributed by atoms with Crippen molar-refractivity contribution in [3.05, 3.63) is 93.4 Å². The van der Waals surface area contributed by atoms with E-state index < -0.39 is 34.2 Å². The molecule has 0 bridgehead atoms. The van der Waals surface area contributed by atoms with Crippen molar-refractivity contribution in [2.24, 2.45) is 0 Å². The van der Waals surface area contributed by atoms with Crippen LogP contribution in [0.5, 0.6) is 0 Å². The number of sulfonamides is 1. The van der Waals surface area contributed by atoms with Crippen molar-refractivity contribution >= 4 is 49.1 Å². The molecule has 33 heavy (non-hydrogen) atoms. The predicted octanol–water partition coefficient (Wildman–Crippen LogP) is 5.95. The van der Waals surface area contributed by atoms with E-state index in [0.717, 1.165) is 33.0 Å². The highest BCUT2D eigenvalue weighted by Crippen LogP contribution is 2.30. The molecule has 0 aliphatic carbocycles. The van der Waals surface area contributed by atoms with Crippen LogP contribution in [0.1, 0.15) is 11.1 Å². The largest absolute Gasteiger partial charge is 0.416 e. The van der Waals surface area contributed by atoms with E-state index >= 15 is 0 Å². The van der Waals surface area contributed by atoms with Gasteiger partial charge >= 0.3 is 6.18 Å². The van der Waals surface area contributed by atoms with E-state index in [4.69, 9.17) is 11.6 Å². The molecule has 0 fully saturated rings. The maximum atomic E-state index is 13.2. The van der Waals surface area contributed by atoms with Crippen molar-refractivity contribution in [3.8, 4) is 0 Å². The van der Waals surface area contributed by atoms with Gasteiger partial charge in [-0.1, -0.05) is 39.7 Å². The third-order valence-electron chi connectivity index (χ3n) is 4.54. The molecule has 0 saturated carbocycles. The van der Waals surface area contributed by atoms with E-state index in [2.05, 4.69) is 21.2 Å². The van der Waals surface area contributed by atoms with Crippen molar-refractivity contribution in [1.29, 1.82) is 0 Å². The highest BCUT2D eigenvalue weighted by atomic mass is 79.9. The summed E-state index contributed by atoms with van der Waals surface area (Å²) in [4.78, 5) is 12.6. The molecule has 0 atom stereocenters. The van der Waals surface area contributed by atoms with Crippen LogP contribution in [0.15, 0.2) is 82.2 Å². The van der Waals surface area contributed by atoms with Crippen LogP contribution in [0.25, 0.3) is 0 Å². The van der Waals surface area contributed by atoms with E-state index in [-0.39, 0.29) is 17.1 Å². The van der Waals surface area contributed by atoms with Gasteiger partial charge in [0.05, 0.1) is 17.0 Å². The zero-order chi connectivity index (χ0) is 24.2. The normalized spacial score (nSPS) is 12.1. The maximum Gasteiger partial charge on any atom is 0.416 e. The second kappa shape index (κ2) is 10.3. The summed E-state index contributed by atoms with van der Waals surface area (Å²) >= 11 is 9.16. The molecule has 0 heterocycles. The Morgan fingerprint density at radius 3 is 2.06 bits per heavy atom. The topological polar surface area (TPSA) is 66.5 Å². The van der Waals surface area contributed by atoms with E-state index in [1.54, 1.807) is 24.3 Å². The molecule has 0 aromatic heterocycles. The van der Waals surface area contributed by atoms with Crippen molar-refractivity contribution in [1.82, 2.24) is 4.31 Å². The molecule has 11 heteroatoms. The minimum Gasteiger partial charge on any atom is -0.325 e. The van der Waals surface area contributed by atoms with Crippen molar-refractivity contribution in [2.45, 2.75) is 17.6 Å². The summed E-state index contributed by atoms with van der Waals surface area (Å²) in [5, 5.41) is 2.79. The van der Waals surface area contributed by atoms with Gasteiger partial charge in [0.25, 0.3) is 0 Å². The molecule has 3 aromatic carbocycles. The van der Waals surface area contributed by atoms with Gasteiger partial charge in [0.2, 0.25) is 15.9 Å². The van der Waals surface area contributed by atoms with Crippen LogP contribution in [-0.2, 0) is 27.5 Å². The van der Waals surface area contributed by atoms with Gasteiger partial charge in [-0.3, -0.25) is 4.79 Å².